The third-order valence-corrected chi connectivity index (χ3v) is 0.541. The van der Waals surface area contributed by atoms with Crippen molar-refractivity contribution < 1.29 is 14.3 Å². The summed E-state index contributed by atoms with van der Waals surface area (Å²) in [6.07, 6.45) is 0. The lowest BCUT2D eigenvalue weighted by Crippen LogP contribution is -2.13. The van der Waals surface area contributed by atoms with E-state index in [1.165, 1.54) is 0 Å². The molecule has 0 saturated carbocycles. The van der Waals surface area contributed by atoms with Gasteiger partial charge in [-0.2, -0.15) is 0 Å². The average Bonchev–Trinajstić information content (AvgIpc) is 1.87. The zero-order chi connectivity index (χ0) is 7.28. The Hall–Kier alpha value is -1.26. The number of nitrogens with zero attached hydrogens (tertiary/aromatic N) is 2. The van der Waals surface area contributed by atoms with Crippen LogP contribution >= 0.6 is 0 Å². The van der Waals surface area contributed by atoms with Gasteiger partial charge in [-0.25, -0.2) is 4.79 Å². The van der Waals surface area contributed by atoms with Crippen LogP contribution in [-0.2, 0) is 14.3 Å². The molecule has 0 aliphatic heterocycles. The van der Waals surface area contributed by atoms with Gasteiger partial charge in [-0.3, -0.25) is 4.79 Å². The average molecular weight is 129 g/mol. The van der Waals surface area contributed by atoms with Crippen molar-refractivity contribution in [1.82, 2.24) is 0 Å². The highest BCUT2D eigenvalue weighted by Crippen LogP contribution is 1.81. The van der Waals surface area contributed by atoms with E-state index in [-0.39, 0.29) is 6.61 Å². The number of amides is 1. The van der Waals surface area contributed by atoms with Crippen LogP contribution in [0.1, 0.15) is 6.92 Å². The van der Waals surface area contributed by atoms with Crippen molar-refractivity contribution in [2.45, 2.75) is 6.92 Å². The molecule has 0 N–H and O–H groups in total. The Morgan fingerprint density at radius 1 is 1.67 bits per heavy atom. The SMILES string of the molecule is CCOC(=O)C(=O)N=[N-]. The van der Waals surface area contributed by atoms with Gasteiger partial charge in [0.05, 0.1) is 6.61 Å². The minimum Gasteiger partial charge on any atom is -0.703 e. The topological polar surface area (TPSA) is 78.0 Å². The Morgan fingerprint density at radius 3 is 2.56 bits per heavy atom. The Labute approximate surface area is 51.5 Å². The Morgan fingerprint density at radius 2 is 2.22 bits per heavy atom. The van der Waals surface area contributed by atoms with Gasteiger partial charge in [-0.1, -0.05) is 0 Å². The molecule has 5 nitrogen and oxygen atoms in total. The third-order valence-electron chi connectivity index (χ3n) is 0.541. The lowest BCUT2D eigenvalue weighted by molar-refractivity contribution is -0.152. The summed E-state index contributed by atoms with van der Waals surface area (Å²) in [6.45, 7) is 1.64. The molecule has 0 aliphatic carbocycles. The second kappa shape index (κ2) is 3.71. The van der Waals surface area contributed by atoms with E-state index in [9.17, 15) is 9.59 Å². The van der Waals surface area contributed by atoms with E-state index in [0.29, 0.717) is 0 Å². The largest absolute Gasteiger partial charge is 0.703 e. The van der Waals surface area contributed by atoms with Gasteiger partial charge >= 0.3 is 11.9 Å². The third kappa shape index (κ3) is 2.53. The summed E-state index contributed by atoms with van der Waals surface area (Å²) in [5.41, 5.74) is 7.71. The number of carbonyl (C=O) groups is 2. The van der Waals surface area contributed by atoms with E-state index in [1.807, 2.05) is 0 Å². The quantitative estimate of drug-likeness (QED) is 0.286. The van der Waals surface area contributed by atoms with Gasteiger partial charge in [0.2, 0.25) is 0 Å². The molecule has 50 valence electrons. The van der Waals surface area contributed by atoms with Crippen LogP contribution in [0.25, 0.3) is 5.53 Å². The highest BCUT2D eigenvalue weighted by atomic mass is 16.5. The number of ether oxygens (including phenoxy) is 1. The van der Waals surface area contributed by atoms with Crippen molar-refractivity contribution in [3.8, 4) is 0 Å². The van der Waals surface area contributed by atoms with E-state index in [4.69, 9.17) is 5.53 Å². The molecule has 9 heavy (non-hydrogen) atoms. The smallest absolute Gasteiger partial charge is 0.397 e. The van der Waals surface area contributed by atoms with Gasteiger partial charge in [0.1, 0.15) is 0 Å². The summed E-state index contributed by atoms with van der Waals surface area (Å²) >= 11 is 0. The maximum absolute atomic E-state index is 10.1. The van der Waals surface area contributed by atoms with Crippen LogP contribution in [0.3, 0.4) is 0 Å². The van der Waals surface area contributed by atoms with Crippen LogP contribution in [0.4, 0.5) is 0 Å². The molecule has 0 rings (SSSR count). The van der Waals surface area contributed by atoms with E-state index < -0.39 is 11.9 Å². The minimum atomic E-state index is -1.28. The van der Waals surface area contributed by atoms with Crippen molar-refractivity contribution in [2.75, 3.05) is 6.61 Å². The van der Waals surface area contributed by atoms with E-state index in [2.05, 4.69) is 9.85 Å². The molecule has 0 saturated heterocycles. The molecule has 0 aromatic carbocycles. The zero-order valence-electron chi connectivity index (χ0n) is 4.83. The Balaban J connectivity index is 3.73. The molecule has 0 spiro atoms. The fraction of sp³-hybridized carbons (Fsp3) is 0.500. The van der Waals surface area contributed by atoms with Crippen LogP contribution in [0.2, 0.25) is 0 Å². The molecule has 0 fully saturated rings. The molecule has 0 aliphatic rings. The number of hydrogen-bond acceptors (Lipinski definition) is 3. The Bertz CT molecular complexity index is 143. The van der Waals surface area contributed by atoms with Gasteiger partial charge in [-0.05, 0) is 6.92 Å². The predicted molar refractivity (Wildman–Crippen MR) is 27.4 cm³/mol. The molecular formula is C4H5N2O3-. The van der Waals surface area contributed by atoms with Gasteiger partial charge in [0.25, 0.3) is 0 Å². The van der Waals surface area contributed by atoms with Gasteiger partial charge in [-0.15, -0.1) is 0 Å². The summed E-state index contributed by atoms with van der Waals surface area (Å²) in [4.78, 5) is 20.2. The first-order valence-electron chi connectivity index (χ1n) is 2.28. The Kier molecular flexibility index (Phi) is 3.19. The first-order valence-corrected chi connectivity index (χ1v) is 2.28. The van der Waals surface area contributed by atoms with E-state index in [0.717, 1.165) is 0 Å². The normalized spacial score (nSPS) is 8.11. The number of hydrogen-bond donors (Lipinski definition) is 0. The summed E-state index contributed by atoms with van der Waals surface area (Å²) in [5.74, 6) is -2.42. The first-order chi connectivity index (χ1) is 4.22. The lowest BCUT2D eigenvalue weighted by atomic mass is 10.6. The molecule has 0 aromatic heterocycles. The molecule has 0 unspecified atom stereocenters. The maximum Gasteiger partial charge on any atom is 0.397 e. The monoisotopic (exact) mass is 129 g/mol. The van der Waals surface area contributed by atoms with Crippen LogP contribution in [0.5, 0.6) is 0 Å². The lowest BCUT2D eigenvalue weighted by Gasteiger charge is -1.95. The van der Waals surface area contributed by atoms with Crippen molar-refractivity contribution in [3.05, 3.63) is 5.53 Å². The molecule has 5 heteroatoms. The van der Waals surface area contributed by atoms with Crippen LogP contribution in [0.15, 0.2) is 5.11 Å². The summed E-state index contributed by atoms with van der Waals surface area (Å²) < 4.78 is 4.15. The maximum atomic E-state index is 10.1. The second-order valence-corrected chi connectivity index (χ2v) is 1.13. The second-order valence-electron chi connectivity index (χ2n) is 1.13. The van der Waals surface area contributed by atoms with Crippen molar-refractivity contribution >= 4 is 11.9 Å². The first kappa shape index (κ1) is 7.74. The van der Waals surface area contributed by atoms with E-state index >= 15 is 0 Å². The fourth-order valence-electron chi connectivity index (χ4n) is 0.234. The highest BCUT2D eigenvalue weighted by molar-refractivity contribution is 6.32. The van der Waals surface area contributed by atoms with Crippen LogP contribution in [0, 0.1) is 0 Å². The molecule has 1 amide bonds. The molecule has 0 aromatic rings. The predicted octanol–water partition coefficient (Wildman–Crippen LogP) is 0.0977. The van der Waals surface area contributed by atoms with E-state index in [1.54, 1.807) is 6.92 Å². The standard InChI is InChI=1S/C4H5N2O3/c1-2-9-4(8)3(7)6-5/h2H2,1H3/q-1. The number of rotatable bonds is 1. The molecule has 0 atom stereocenters. The summed E-state index contributed by atoms with van der Waals surface area (Å²) in [6, 6.07) is 0. The van der Waals surface area contributed by atoms with Gasteiger partial charge < -0.3 is 15.4 Å². The van der Waals surface area contributed by atoms with Gasteiger partial charge in [0, 0.05) is 0 Å². The molecule has 0 bridgehead atoms. The molecule has 0 radical (unpaired) electrons. The highest BCUT2D eigenvalue weighted by Gasteiger charge is 2.08. The number of carbonyl (C=O) groups excluding carboxylic acids is 2. The minimum absolute atomic E-state index is 0.0973. The van der Waals surface area contributed by atoms with Gasteiger partial charge in [0.15, 0.2) is 0 Å². The molecular weight excluding hydrogens is 124 g/mol. The fourth-order valence-corrected chi connectivity index (χ4v) is 0.234. The zero-order valence-corrected chi connectivity index (χ0v) is 4.83. The van der Waals surface area contributed by atoms with Crippen LogP contribution in [-0.4, -0.2) is 18.5 Å². The van der Waals surface area contributed by atoms with Crippen LogP contribution < -0.4 is 0 Å². The molecule has 0 heterocycles. The van der Waals surface area contributed by atoms with Crippen molar-refractivity contribution in [2.24, 2.45) is 5.11 Å². The summed E-state index contributed by atoms with van der Waals surface area (Å²) in [7, 11) is 0. The van der Waals surface area contributed by atoms with Crippen molar-refractivity contribution in [1.29, 1.82) is 0 Å². The van der Waals surface area contributed by atoms with Crippen molar-refractivity contribution in [3.63, 3.8) is 0 Å². The summed E-state index contributed by atoms with van der Waals surface area (Å²) in [5, 5.41) is 2.09. The number of esters is 1.